The maximum atomic E-state index is 12.5. The number of hydrogen-bond acceptors (Lipinski definition) is 3. The molecule has 0 atom stereocenters. The van der Waals surface area contributed by atoms with Crippen molar-refractivity contribution in [1.29, 1.82) is 0 Å². The highest BCUT2D eigenvalue weighted by atomic mass is 16.2. The highest BCUT2D eigenvalue weighted by Crippen LogP contribution is 2.19. The Morgan fingerprint density at radius 1 is 1.47 bits per heavy atom. The molecule has 2 aromatic rings. The standard InChI is InChI=1S/C14H18N4O/c1-10-4-5-13(15-2)12(6-10)14(19)18(3)9-11-7-16-17-8-11/h4-8,15H,9H2,1-3H3,(H,16,17). The van der Waals surface area contributed by atoms with Gasteiger partial charge in [-0.2, -0.15) is 5.10 Å². The van der Waals surface area contributed by atoms with Gasteiger partial charge in [-0.05, 0) is 19.1 Å². The van der Waals surface area contributed by atoms with Crippen LogP contribution in [-0.2, 0) is 6.54 Å². The van der Waals surface area contributed by atoms with E-state index in [0.717, 1.165) is 16.8 Å². The van der Waals surface area contributed by atoms with Gasteiger partial charge in [-0.25, -0.2) is 0 Å². The van der Waals surface area contributed by atoms with E-state index in [4.69, 9.17) is 0 Å². The van der Waals surface area contributed by atoms with E-state index in [-0.39, 0.29) is 5.91 Å². The van der Waals surface area contributed by atoms with Gasteiger partial charge in [-0.3, -0.25) is 9.89 Å². The summed E-state index contributed by atoms with van der Waals surface area (Å²) in [6.45, 7) is 2.51. The number of hydrogen-bond donors (Lipinski definition) is 2. The van der Waals surface area contributed by atoms with Crippen molar-refractivity contribution in [2.24, 2.45) is 0 Å². The average molecular weight is 258 g/mol. The fraction of sp³-hybridized carbons (Fsp3) is 0.286. The number of carbonyl (C=O) groups is 1. The Balaban J connectivity index is 2.21. The number of nitrogens with one attached hydrogen (secondary N) is 2. The molecule has 0 aliphatic rings. The van der Waals surface area contributed by atoms with E-state index in [9.17, 15) is 4.79 Å². The molecule has 0 spiro atoms. The summed E-state index contributed by atoms with van der Waals surface area (Å²) in [6, 6.07) is 5.81. The molecule has 0 radical (unpaired) electrons. The zero-order valence-electron chi connectivity index (χ0n) is 11.4. The molecule has 5 heteroatoms. The molecule has 1 aromatic heterocycles. The molecule has 100 valence electrons. The lowest BCUT2D eigenvalue weighted by molar-refractivity contribution is 0.0786. The molecule has 1 aromatic carbocycles. The van der Waals surface area contributed by atoms with E-state index in [1.165, 1.54) is 0 Å². The Morgan fingerprint density at radius 2 is 2.26 bits per heavy atom. The molecule has 0 saturated carbocycles. The van der Waals surface area contributed by atoms with Gasteiger partial charge in [-0.1, -0.05) is 11.6 Å². The van der Waals surface area contributed by atoms with Crippen molar-refractivity contribution >= 4 is 11.6 Å². The van der Waals surface area contributed by atoms with E-state index in [1.807, 2.05) is 32.2 Å². The first-order chi connectivity index (χ1) is 9.11. The van der Waals surface area contributed by atoms with Crippen molar-refractivity contribution in [1.82, 2.24) is 15.1 Å². The number of aromatic nitrogens is 2. The van der Waals surface area contributed by atoms with Gasteiger partial charge in [-0.15, -0.1) is 0 Å². The van der Waals surface area contributed by atoms with Crippen molar-refractivity contribution in [3.05, 3.63) is 47.3 Å². The number of amides is 1. The zero-order chi connectivity index (χ0) is 13.8. The molecule has 19 heavy (non-hydrogen) atoms. The van der Waals surface area contributed by atoms with Crippen LogP contribution in [0.1, 0.15) is 21.5 Å². The zero-order valence-corrected chi connectivity index (χ0v) is 11.4. The second-order valence-electron chi connectivity index (χ2n) is 4.57. The van der Waals surface area contributed by atoms with Crippen LogP contribution in [0.2, 0.25) is 0 Å². The van der Waals surface area contributed by atoms with Crippen LogP contribution >= 0.6 is 0 Å². The fourth-order valence-corrected chi connectivity index (χ4v) is 1.97. The maximum absolute atomic E-state index is 12.5. The largest absolute Gasteiger partial charge is 0.387 e. The number of H-pyrrole nitrogens is 1. The third-order valence-corrected chi connectivity index (χ3v) is 3.00. The molecule has 2 N–H and O–H groups in total. The third kappa shape index (κ3) is 2.93. The molecule has 0 unspecified atom stereocenters. The number of aromatic amines is 1. The molecular formula is C14H18N4O. The SMILES string of the molecule is CNc1ccc(C)cc1C(=O)N(C)Cc1cn[nH]c1. The molecule has 0 saturated heterocycles. The molecule has 0 aliphatic carbocycles. The predicted octanol–water partition coefficient (Wildman–Crippen LogP) is 2.03. The van der Waals surface area contributed by atoms with E-state index in [2.05, 4.69) is 15.5 Å². The number of aryl methyl sites for hydroxylation is 1. The Hall–Kier alpha value is -2.30. The van der Waals surface area contributed by atoms with Gasteiger partial charge in [0, 0.05) is 38.1 Å². The lowest BCUT2D eigenvalue weighted by Crippen LogP contribution is -2.26. The highest BCUT2D eigenvalue weighted by molar-refractivity contribution is 5.99. The minimum Gasteiger partial charge on any atom is -0.387 e. The summed E-state index contributed by atoms with van der Waals surface area (Å²) in [6.07, 6.45) is 3.51. The molecular weight excluding hydrogens is 240 g/mol. The molecule has 1 heterocycles. The molecule has 2 rings (SSSR count). The first-order valence-corrected chi connectivity index (χ1v) is 6.13. The summed E-state index contributed by atoms with van der Waals surface area (Å²) in [5.41, 5.74) is 3.58. The maximum Gasteiger partial charge on any atom is 0.256 e. The predicted molar refractivity (Wildman–Crippen MR) is 75.1 cm³/mol. The molecule has 0 aliphatic heterocycles. The van der Waals surface area contributed by atoms with Crippen LogP contribution in [0.15, 0.2) is 30.6 Å². The number of rotatable bonds is 4. The lowest BCUT2D eigenvalue weighted by atomic mass is 10.1. The average Bonchev–Trinajstić information content (AvgIpc) is 2.90. The molecule has 1 amide bonds. The van der Waals surface area contributed by atoms with Gasteiger partial charge in [0.25, 0.3) is 5.91 Å². The van der Waals surface area contributed by atoms with Gasteiger partial charge in [0.1, 0.15) is 0 Å². The van der Waals surface area contributed by atoms with E-state index < -0.39 is 0 Å². The first kappa shape index (κ1) is 13.1. The van der Waals surface area contributed by atoms with E-state index in [0.29, 0.717) is 12.1 Å². The summed E-state index contributed by atoms with van der Waals surface area (Å²) in [5.74, 6) is -0.00532. The van der Waals surface area contributed by atoms with Crippen molar-refractivity contribution < 1.29 is 4.79 Å². The molecule has 5 nitrogen and oxygen atoms in total. The Kier molecular flexibility index (Phi) is 3.85. The number of anilines is 1. The Bertz CT molecular complexity index is 563. The van der Waals surface area contributed by atoms with Crippen molar-refractivity contribution in [2.75, 3.05) is 19.4 Å². The van der Waals surface area contributed by atoms with Crippen LogP contribution in [0, 0.1) is 6.92 Å². The van der Waals surface area contributed by atoms with E-state index >= 15 is 0 Å². The van der Waals surface area contributed by atoms with Gasteiger partial charge in [0.15, 0.2) is 0 Å². The number of nitrogens with zero attached hydrogens (tertiary/aromatic N) is 2. The molecule has 0 fully saturated rings. The van der Waals surface area contributed by atoms with Crippen molar-refractivity contribution in [3.63, 3.8) is 0 Å². The topological polar surface area (TPSA) is 61.0 Å². The minimum atomic E-state index is -0.00532. The van der Waals surface area contributed by atoms with Crippen molar-refractivity contribution in [2.45, 2.75) is 13.5 Å². The summed E-state index contributed by atoms with van der Waals surface area (Å²) in [5, 5.41) is 9.68. The highest BCUT2D eigenvalue weighted by Gasteiger charge is 2.16. The Labute approximate surface area is 112 Å². The normalized spacial score (nSPS) is 10.3. The lowest BCUT2D eigenvalue weighted by Gasteiger charge is -2.18. The van der Waals surface area contributed by atoms with Crippen molar-refractivity contribution in [3.8, 4) is 0 Å². The monoisotopic (exact) mass is 258 g/mol. The van der Waals surface area contributed by atoms with Gasteiger partial charge >= 0.3 is 0 Å². The van der Waals surface area contributed by atoms with Crippen LogP contribution in [0.3, 0.4) is 0 Å². The van der Waals surface area contributed by atoms with Crippen LogP contribution in [0.4, 0.5) is 5.69 Å². The van der Waals surface area contributed by atoms with Crippen LogP contribution in [-0.4, -0.2) is 35.1 Å². The second kappa shape index (κ2) is 5.56. The number of benzene rings is 1. The third-order valence-electron chi connectivity index (χ3n) is 3.00. The first-order valence-electron chi connectivity index (χ1n) is 6.13. The minimum absolute atomic E-state index is 0.00532. The van der Waals surface area contributed by atoms with E-state index in [1.54, 1.807) is 24.3 Å². The second-order valence-corrected chi connectivity index (χ2v) is 4.57. The molecule has 0 bridgehead atoms. The summed E-state index contributed by atoms with van der Waals surface area (Å²) in [7, 11) is 3.61. The number of carbonyl (C=O) groups excluding carboxylic acids is 1. The van der Waals surface area contributed by atoms with Crippen LogP contribution in [0.25, 0.3) is 0 Å². The quantitative estimate of drug-likeness (QED) is 0.882. The Morgan fingerprint density at radius 3 is 2.89 bits per heavy atom. The van der Waals surface area contributed by atoms with Crippen LogP contribution < -0.4 is 5.32 Å². The summed E-state index contributed by atoms with van der Waals surface area (Å²) in [4.78, 5) is 14.1. The van der Waals surface area contributed by atoms with Gasteiger partial charge < -0.3 is 10.2 Å². The fourth-order valence-electron chi connectivity index (χ4n) is 1.97. The van der Waals surface area contributed by atoms with Gasteiger partial charge in [0.05, 0.1) is 11.8 Å². The van der Waals surface area contributed by atoms with Crippen LogP contribution in [0.5, 0.6) is 0 Å². The summed E-state index contributed by atoms with van der Waals surface area (Å²) >= 11 is 0. The summed E-state index contributed by atoms with van der Waals surface area (Å²) < 4.78 is 0. The van der Waals surface area contributed by atoms with Gasteiger partial charge in [0.2, 0.25) is 0 Å². The smallest absolute Gasteiger partial charge is 0.256 e.